The molecular formula is C25H23FN4O3S2. The lowest BCUT2D eigenvalue weighted by molar-refractivity contribution is -0.113. The summed E-state index contributed by atoms with van der Waals surface area (Å²) in [5.41, 5.74) is 4.79. The van der Waals surface area contributed by atoms with E-state index >= 15 is 0 Å². The Morgan fingerprint density at radius 3 is 2.57 bits per heavy atom. The number of rotatable bonds is 7. The minimum absolute atomic E-state index is 0.0622. The maximum Gasteiger partial charge on any atom is 0.341 e. The Labute approximate surface area is 210 Å². The number of thioether (sulfide) groups is 1. The van der Waals surface area contributed by atoms with Crippen LogP contribution in [0.25, 0.3) is 22.5 Å². The van der Waals surface area contributed by atoms with Crippen LogP contribution in [0, 0.1) is 19.7 Å². The van der Waals surface area contributed by atoms with E-state index < -0.39 is 5.97 Å². The van der Waals surface area contributed by atoms with Crippen LogP contribution in [0.3, 0.4) is 0 Å². The number of halogens is 1. The molecular weight excluding hydrogens is 487 g/mol. The molecule has 0 spiro atoms. The zero-order valence-electron chi connectivity index (χ0n) is 19.6. The van der Waals surface area contributed by atoms with Crippen molar-refractivity contribution in [1.29, 1.82) is 0 Å². The van der Waals surface area contributed by atoms with E-state index in [0.29, 0.717) is 21.5 Å². The number of benzene rings is 2. The second-order valence-corrected chi connectivity index (χ2v) is 9.69. The molecule has 2 heterocycles. The first-order valence-electron chi connectivity index (χ1n) is 10.6. The van der Waals surface area contributed by atoms with Gasteiger partial charge in [0.2, 0.25) is 5.91 Å². The number of hydrogen-bond acceptors (Lipinski definition) is 7. The summed E-state index contributed by atoms with van der Waals surface area (Å²) >= 11 is 2.49. The summed E-state index contributed by atoms with van der Waals surface area (Å²) in [6.45, 7) is 3.96. The third kappa shape index (κ3) is 5.28. The fourth-order valence-corrected chi connectivity index (χ4v) is 5.24. The highest BCUT2D eigenvalue weighted by molar-refractivity contribution is 7.99. The third-order valence-corrected chi connectivity index (χ3v) is 7.30. The maximum atomic E-state index is 13.2. The summed E-state index contributed by atoms with van der Waals surface area (Å²) in [5.74, 6) is -0.504. The highest BCUT2D eigenvalue weighted by atomic mass is 32.2. The van der Waals surface area contributed by atoms with Gasteiger partial charge in [0.25, 0.3) is 0 Å². The van der Waals surface area contributed by atoms with Crippen LogP contribution in [0.4, 0.5) is 9.39 Å². The normalized spacial score (nSPS) is 10.9. The molecule has 0 aliphatic rings. The van der Waals surface area contributed by atoms with E-state index in [1.165, 1.54) is 42.3 Å². The van der Waals surface area contributed by atoms with Crippen molar-refractivity contribution in [2.24, 2.45) is 7.05 Å². The monoisotopic (exact) mass is 510 g/mol. The van der Waals surface area contributed by atoms with Crippen LogP contribution in [-0.2, 0) is 16.6 Å². The minimum atomic E-state index is -0.512. The van der Waals surface area contributed by atoms with Crippen molar-refractivity contribution in [3.8, 4) is 22.5 Å². The Morgan fingerprint density at radius 2 is 1.86 bits per heavy atom. The van der Waals surface area contributed by atoms with Crippen LogP contribution in [0.2, 0.25) is 0 Å². The summed E-state index contributed by atoms with van der Waals surface area (Å²) in [5, 5.41) is 14.0. The topological polar surface area (TPSA) is 86.1 Å². The van der Waals surface area contributed by atoms with Gasteiger partial charge in [0.05, 0.1) is 12.9 Å². The molecule has 0 atom stereocenters. The van der Waals surface area contributed by atoms with E-state index in [-0.39, 0.29) is 17.5 Å². The Balaban J connectivity index is 1.51. The molecule has 0 aliphatic carbocycles. The Hall–Kier alpha value is -3.50. The van der Waals surface area contributed by atoms with E-state index in [1.54, 1.807) is 23.7 Å². The number of carbonyl (C=O) groups excluding carboxylic acids is 2. The van der Waals surface area contributed by atoms with Gasteiger partial charge in [-0.1, -0.05) is 35.5 Å². The number of amides is 1. The second-order valence-electron chi connectivity index (χ2n) is 7.87. The lowest BCUT2D eigenvalue weighted by Crippen LogP contribution is -2.16. The zero-order valence-corrected chi connectivity index (χ0v) is 21.2. The predicted octanol–water partition coefficient (Wildman–Crippen LogP) is 5.48. The van der Waals surface area contributed by atoms with Gasteiger partial charge >= 0.3 is 5.97 Å². The Morgan fingerprint density at radius 1 is 1.11 bits per heavy atom. The van der Waals surface area contributed by atoms with E-state index in [2.05, 4.69) is 15.5 Å². The Kier molecular flexibility index (Phi) is 7.32. The van der Waals surface area contributed by atoms with Gasteiger partial charge in [-0.25, -0.2) is 9.18 Å². The number of nitrogens with one attached hydrogen (secondary N) is 1. The zero-order chi connectivity index (χ0) is 25.1. The van der Waals surface area contributed by atoms with Crippen molar-refractivity contribution in [2.45, 2.75) is 19.0 Å². The van der Waals surface area contributed by atoms with Crippen molar-refractivity contribution < 1.29 is 18.7 Å². The molecule has 0 radical (unpaired) electrons. The van der Waals surface area contributed by atoms with Crippen molar-refractivity contribution >= 4 is 40.0 Å². The standard InChI is InChI=1S/C25H23FN4O3S2/c1-14-5-6-15(2)18(11-14)19-12-34-23(21(19)24(32)33-4)27-20(31)13-35-25-29-28-22(30(25)3)16-7-9-17(26)10-8-16/h5-12H,13H2,1-4H3,(H,27,31). The van der Waals surface area contributed by atoms with Crippen LogP contribution in [0.5, 0.6) is 0 Å². The number of hydrogen-bond donors (Lipinski definition) is 1. The molecule has 0 bridgehead atoms. The first-order chi connectivity index (χ1) is 16.8. The van der Waals surface area contributed by atoms with Gasteiger partial charge in [-0.2, -0.15) is 0 Å². The number of methoxy groups -OCH3 is 1. The summed E-state index contributed by atoms with van der Waals surface area (Å²) < 4.78 is 20.0. The number of nitrogens with zero attached hydrogens (tertiary/aromatic N) is 3. The fourth-order valence-electron chi connectivity index (χ4n) is 3.56. The van der Waals surface area contributed by atoms with Crippen LogP contribution < -0.4 is 5.32 Å². The molecule has 7 nitrogen and oxygen atoms in total. The van der Waals surface area contributed by atoms with Gasteiger partial charge in [-0.05, 0) is 49.2 Å². The molecule has 0 saturated heterocycles. The molecule has 0 saturated carbocycles. The predicted molar refractivity (Wildman–Crippen MR) is 136 cm³/mol. The number of thiophene rings is 1. The summed E-state index contributed by atoms with van der Waals surface area (Å²) in [7, 11) is 3.10. The van der Waals surface area contributed by atoms with Crippen LogP contribution in [0.15, 0.2) is 53.0 Å². The molecule has 10 heteroatoms. The van der Waals surface area contributed by atoms with Gasteiger partial charge < -0.3 is 14.6 Å². The van der Waals surface area contributed by atoms with E-state index in [9.17, 15) is 14.0 Å². The number of aromatic nitrogens is 3. The number of ether oxygens (including phenoxy) is 1. The van der Waals surface area contributed by atoms with Crippen molar-refractivity contribution in [2.75, 3.05) is 18.2 Å². The molecule has 180 valence electrons. The van der Waals surface area contributed by atoms with E-state index in [1.807, 2.05) is 37.4 Å². The second kappa shape index (κ2) is 10.4. The number of carbonyl (C=O) groups is 2. The van der Waals surface area contributed by atoms with Gasteiger partial charge in [0, 0.05) is 23.6 Å². The molecule has 35 heavy (non-hydrogen) atoms. The molecule has 0 fully saturated rings. The highest BCUT2D eigenvalue weighted by Crippen LogP contribution is 2.38. The fraction of sp³-hybridized carbons (Fsp3) is 0.200. The minimum Gasteiger partial charge on any atom is -0.465 e. The van der Waals surface area contributed by atoms with Crippen molar-refractivity contribution in [3.05, 3.63) is 70.4 Å². The number of aryl methyl sites for hydroxylation is 2. The number of esters is 1. The number of anilines is 1. The molecule has 2 aromatic heterocycles. The molecule has 4 aromatic rings. The first kappa shape index (κ1) is 24.6. The molecule has 4 rings (SSSR count). The van der Waals surface area contributed by atoms with Crippen molar-refractivity contribution in [1.82, 2.24) is 14.8 Å². The van der Waals surface area contributed by atoms with Gasteiger partial charge in [0.15, 0.2) is 11.0 Å². The average Bonchev–Trinajstić information content (AvgIpc) is 3.42. The molecule has 2 aromatic carbocycles. The quantitative estimate of drug-likeness (QED) is 0.262. The SMILES string of the molecule is COC(=O)c1c(-c2cc(C)ccc2C)csc1NC(=O)CSc1nnc(-c2ccc(F)cc2)n1C. The summed E-state index contributed by atoms with van der Waals surface area (Å²) in [4.78, 5) is 25.4. The lowest BCUT2D eigenvalue weighted by Gasteiger charge is -2.10. The summed E-state index contributed by atoms with van der Waals surface area (Å²) in [6, 6.07) is 12.0. The first-order valence-corrected chi connectivity index (χ1v) is 12.5. The molecule has 1 amide bonds. The van der Waals surface area contributed by atoms with Crippen LogP contribution in [0.1, 0.15) is 21.5 Å². The van der Waals surface area contributed by atoms with E-state index in [0.717, 1.165) is 27.8 Å². The maximum absolute atomic E-state index is 13.2. The van der Waals surface area contributed by atoms with Gasteiger partial charge in [0.1, 0.15) is 16.4 Å². The third-order valence-electron chi connectivity index (χ3n) is 5.39. The van der Waals surface area contributed by atoms with Gasteiger partial charge in [-0.15, -0.1) is 21.5 Å². The largest absolute Gasteiger partial charge is 0.465 e. The summed E-state index contributed by atoms with van der Waals surface area (Å²) in [6.07, 6.45) is 0. The van der Waals surface area contributed by atoms with Crippen molar-refractivity contribution in [3.63, 3.8) is 0 Å². The average molecular weight is 511 g/mol. The highest BCUT2D eigenvalue weighted by Gasteiger charge is 2.23. The smallest absolute Gasteiger partial charge is 0.341 e. The molecule has 1 N–H and O–H groups in total. The molecule has 0 aliphatic heterocycles. The lowest BCUT2D eigenvalue weighted by atomic mass is 9.97. The molecule has 0 unspecified atom stereocenters. The Bertz CT molecular complexity index is 1400. The van der Waals surface area contributed by atoms with Gasteiger partial charge in [-0.3, -0.25) is 4.79 Å². The van der Waals surface area contributed by atoms with Crippen LogP contribution >= 0.6 is 23.1 Å². The van der Waals surface area contributed by atoms with Crippen LogP contribution in [-0.4, -0.2) is 39.5 Å². The van der Waals surface area contributed by atoms with E-state index in [4.69, 9.17) is 4.74 Å².